The molecule has 1 aliphatic carbocycles. The van der Waals surface area contributed by atoms with Gasteiger partial charge in [-0.2, -0.15) is 0 Å². The molecule has 0 spiro atoms. The second-order valence-corrected chi connectivity index (χ2v) is 6.95. The number of carbonyl (C=O) groups is 1. The third-order valence-electron chi connectivity index (χ3n) is 3.76. The van der Waals surface area contributed by atoms with Gasteiger partial charge in [0.25, 0.3) is 0 Å². The van der Waals surface area contributed by atoms with Crippen LogP contribution in [0.2, 0.25) is 0 Å². The van der Waals surface area contributed by atoms with Gasteiger partial charge in [-0.05, 0) is 30.5 Å². The maximum absolute atomic E-state index is 11.7. The first kappa shape index (κ1) is 13.1. The summed E-state index contributed by atoms with van der Waals surface area (Å²) in [6, 6.07) is 6.29. The van der Waals surface area contributed by atoms with Crippen molar-refractivity contribution >= 4 is 15.8 Å². The summed E-state index contributed by atoms with van der Waals surface area (Å²) < 4.78 is 23.3. The van der Waals surface area contributed by atoms with Crippen LogP contribution in [0, 0.1) is 0 Å². The zero-order valence-electron chi connectivity index (χ0n) is 10.2. The van der Waals surface area contributed by atoms with Crippen LogP contribution in [0.15, 0.2) is 29.2 Å². The Morgan fingerprint density at radius 3 is 2.17 bits per heavy atom. The summed E-state index contributed by atoms with van der Waals surface area (Å²) in [5.74, 6) is -0.768. The van der Waals surface area contributed by atoms with E-state index in [0.717, 1.165) is 6.42 Å². The maximum Gasteiger partial charge on any atom is 0.314 e. The van der Waals surface area contributed by atoms with E-state index in [-0.39, 0.29) is 10.6 Å². The minimum atomic E-state index is -3.22. The number of hydrogen-bond donors (Lipinski definition) is 1. The fraction of sp³-hybridized carbons (Fsp3) is 0.462. The number of sulfone groups is 1. The first-order valence-corrected chi connectivity index (χ1v) is 7.64. The molecular weight excluding hydrogens is 252 g/mol. The second kappa shape index (κ2) is 4.39. The van der Waals surface area contributed by atoms with Crippen LogP contribution >= 0.6 is 0 Å². The van der Waals surface area contributed by atoms with Crippen LogP contribution in [0.25, 0.3) is 0 Å². The Morgan fingerprint density at radius 1 is 1.28 bits per heavy atom. The molecular formula is C13H16O4S. The summed E-state index contributed by atoms with van der Waals surface area (Å²) in [5, 5.41) is 9.29. The summed E-state index contributed by atoms with van der Waals surface area (Å²) in [7, 11) is -3.22. The van der Waals surface area contributed by atoms with Crippen molar-refractivity contribution in [1.29, 1.82) is 0 Å². The highest BCUT2D eigenvalue weighted by atomic mass is 32.2. The molecule has 0 unspecified atom stereocenters. The third-order valence-corrected chi connectivity index (χ3v) is 5.51. The van der Waals surface area contributed by atoms with Gasteiger partial charge in [0.05, 0.1) is 16.1 Å². The normalized spacial score (nSPS) is 18.1. The lowest BCUT2D eigenvalue weighted by Crippen LogP contribution is -2.42. The van der Waals surface area contributed by atoms with Crippen molar-refractivity contribution in [3.05, 3.63) is 29.8 Å². The van der Waals surface area contributed by atoms with Gasteiger partial charge in [0.1, 0.15) is 0 Å². The molecule has 0 bridgehead atoms. The van der Waals surface area contributed by atoms with E-state index in [4.69, 9.17) is 0 Å². The molecule has 98 valence electrons. The van der Waals surface area contributed by atoms with E-state index in [1.807, 2.05) is 0 Å². The Morgan fingerprint density at radius 2 is 1.83 bits per heavy atom. The summed E-state index contributed by atoms with van der Waals surface area (Å²) in [6.07, 6.45) is 2.16. The van der Waals surface area contributed by atoms with Crippen molar-refractivity contribution in [2.24, 2.45) is 0 Å². The average Bonchev–Trinajstić information content (AvgIpc) is 2.28. The first-order valence-electron chi connectivity index (χ1n) is 5.99. The van der Waals surface area contributed by atoms with Crippen LogP contribution in [0.3, 0.4) is 0 Å². The number of carboxylic acid groups (broad SMARTS) is 1. The summed E-state index contributed by atoms with van der Waals surface area (Å²) in [6.45, 7) is 1.59. The highest BCUT2D eigenvalue weighted by molar-refractivity contribution is 7.91. The molecule has 1 aromatic rings. The summed E-state index contributed by atoms with van der Waals surface area (Å²) in [4.78, 5) is 11.6. The van der Waals surface area contributed by atoms with Gasteiger partial charge in [0, 0.05) is 0 Å². The van der Waals surface area contributed by atoms with Crippen molar-refractivity contribution < 1.29 is 18.3 Å². The van der Waals surface area contributed by atoms with Gasteiger partial charge in [-0.25, -0.2) is 8.42 Å². The molecule has 1 fully saturated rings. The Bertz CT molecular complexity index is 553. The van der Waals surface area contributed by atoms with Crippen LogP contribution in [0.5, 0.6) is 0 Å². The van der Waals surface area contributed by atoms with E-state index >= 15 is 0 Å². The lowest BCUT2D eigenvalue weighted by Gasteiger charge is -2.38. The van der Waals surface area contributed by atoms with Gasteiger partial charge in [0.15, 0.2) is 9.84 Å². The van der Waals surface area contributed by atoms with Crippen LogP contribution < -0.4 is 0 Å². The number of carboxylic acids is 1. The van der Waals surface area contributed by atoms with Gasteiger partial charge < -0.3 is 5.11 Å². The zero-order valence-corrected chi connectivity index (χ0v) is 11.0. The quantitative estimate of drug-likeness (QED) is 0.906. The number of hydrogen-bond acceptors (Lipinski definition) is 3. The molecule has 0 aliphatic heterocycles. The third kappa shape index (κ3) is 1.92. The van der Waals surface area contributed by atoms with Crippen LogP contribution in [0.4, 0.5) is 0 Å². The molecule has 0 radical (unpaired) electrons. The minimum Gasteiger partial charge on any atom is -0.481 e. The Balaban J connectivity index is 2.37. The molecule has 1 N–H and O–H groups in total. The van der Waals surface area contributed by atoms with Gasteiger partial charge in [-0.15, -0.1) is 0 Å². The second-order valence-electron chi connectivity index (χ2n) is 4.67. The molecule has 2 rings (SSSR count). The minimum absolute atomic E-state index is 0.0520. The molecule has 0 aromatic heterocycles. The summed E-state index contributed by atoms with van der Waals surface area (Å²) >= 11 is 0. The average molecular weight is 268 g/mol. The molecule has 18 heavy (non-hydrogen) atoms. The topological polar surface area (TPSA) is 71.4 Å². The van der Waals surface area contributed by atoms with Crippen LogP contribution in [-0.2, 0) is 20.0 Å². The fourth-order valence-electron chi connectivity index (χ4n) is 2.30. The van der Waals surface area contributed by atoms with Crippen molar-refractivity contribution in [3.63, 3.8) is 0 Å². The van der Waals surface area contributed by atoms with E-state index in [9.17, 15) is 18.3 Å². The monoisotopic (exact) mass is 268 g/mol. The van der Waals surface area contributed by atoms with E-state index in [1.165, 1.54) is 12.1 Å². The number of aliphatic carboxylic acids is 1. The zero-order chi connectivity index (χ0) is 13.4. The lowest BCUT2D eigenvalue weighted by atomic mass is 9.64. The number of rotatable bonds is 4. The van der Waals surface area contributed by atoms with E-state index in [2.05, 4.69) is 0 Å². The Hall–Kier alpha value is -1.36. The molecule has 0 atom stereocenters. The summed E-state index contributed by atoms with van der Waals surface area (Å²) in [5.41, 5.74) is -0.0922. The van der Waals surface area contributed by atoms with Gasteiger partial charge >= 0.3 is 5.97 Å². The van der Waals surface area contributed by atoms with E-state index < -0.39 is 21.2 Å². The van der Waals surface area contributed by atoms with Gasteiger partial charge in [-0.3, -0.25) is 4.79 Å². The van der Waals surface area contributed by atoms with E-state index in [0.29, 0.717) is 18.4 Å². The Kier molecular flexibility index (Phi) is 3.19. The Labute approximate surface area is 107 Å². The molecule has 0 saturated heterocycles. The maximum atomic E-state index is 11.7. The van der Waals surface area contributed by atoms with Gasteiger partial charge in [0.2, 0.25) is 0 Å². The highest BCUT2D eigenvalue weighted by Gasteiger charge is 2.45. The van der Waals surface area contributed by atoms with E-state index in [1.54, 1.807) is 19.1 Å². The predicted molar refractivity (Wildman–Crippen MR) is 67.3 cm³/mol. The number of benzene rings is 1. The van der Waals surface area contributed by atoms with Gasteiger partial charge in [-0.1, -0.05) is 25.5 Å². The van der Waals surface area contributed by atoms with Crippen molar-refractivity contribution in [2.45, 2.75) is 36.5 Å². The molecule has 4 nitrogen and oxygen atoms in total. The first-order chi connectivity index (χ1) is 8.42. The highest BCUT2D eigenvalue weighted by Crippen LogP contribution is 2.44. The van der Waals surface area contributed by atoms with Crippen molar-refractivity contribution in [1.82, 2.24) is 0 Å². The fourth-order valence-corrected chi connectivity index (χ4v) is 3.19. The molecule has 0 amide bonds. The molecule has 1 aliphatic rings. The molecule has 5 heteroatoms. The molecule has 0 heterocycles. The van der Waals surface area contributed by atoms with Crippen LogP contribution in [0.1, 0.15) is 31.7 Å². The largest absolute Gasteiger partial charge is 0.481 e. The molecule has 1 aromatic carbocycles. The van der Waals surface area contributed by atoms with Crippen LogP contribution in [-0.4, -0.2) is 25.2 Å². The van der Waals surface area contributed by atoms with Crippen molar-refractivity contribution in [3.8, 4) is 0 Å². The van der Waals surface area contributed by atoms with Crippen molar-refractivity contribution in [2.75, 3.05) is 5.75 Å². The SMILES string of the molecule is CCS(=O)(=O)c1ccc(C2(C(=O)O)CCC2)cc1. The standard InChI is InChI=1S/C13H16O4S/c1-2-18(16,17)11-6-4-10(5-7-11)13(12(14)15)8-3-9-13/h4-7H,2-3,8-9H2,1H3,(H,14,15). The molecule has 1 saturated carbocycles. The lowest BCUT2D eigenvalue weighted by molar-refractivity contribution is -0.147. The smallest absolute Gasteiger partial charge is 0.314 e. The predicted octanol–water partition coefficient (Wildman–Crippen LogP) is 1.99.